The summed E-state index contributed by atoms with van der Waals surface area (Å²) in [5.41, 5.74) is 5.85. The van der Waals surface area contributed by atoms with Gasteiger partial charge in [-0.3, -0.25) is 19.9 Å². The fourth-order valence-electron chi connectivity index (χ4n) is 3.92. The van der Waals surface area contributed by atoms with E-state index in [0.717, 1.165) is 40.7 Å². The summed E-state index contributed by atoms with van der Waals surface area (Å²) in [6.45, 7) is 0.484. The Morgan fingerprint density at radius 3 is 2.42 bits per heavy atom. The molecule has 0 radical (unpaired) electrons. The highest BCUT2D eigenvalue weighted by atomic mass is 35.5. The maximum Gasteiger partial charge on any atom is 0.243 e. The number of amides is 2. The van der Waals surface area contributed by atoms with Crippen molar-refractivity contribution < 1.29 is 14.8 Å². The minimum absolute atomic E-state index is 0.119. The molecule has 9 nitrogen and oxygen atoms in total. The van der Waals surface area contributed by atoms with Gasteiger partial charge in [0.15, 0.2) is 5.82 Å². The molecule has 0 aliphatic rings. The number of hydrogen-bond acceptors (Lipinski definition) is 5. The van der Waals surface area contributed by atoms with Gasteiger partial charge in [0.1, 0.15) is 0 Å². The summed E-state index contributed by atoms with van der Waals surface area (Å²) >= 11 is 12.7. The number of anilines is 1. The van der Waals surface area contributed by atoms with E-state index in [-0.39, 0.29) is 12.3 Å². The molecule has 0 atom stereocenters. The van der Waals surface area contributed by atoms with Crippen LogP contribution in [0.4, 0.5) is 5.82 Å². The first kappa shape index (κ1) is 25.7. The Morgan fingerprint density at radius 2 is 1.69 bits per heavy atom. The van der Waals surface area contributed by atoms with Gasteiger partial charge in [-0.2, -0.15) is 5.10 Å². The number of aromatic amines is 1. The van der Waals surface area contributed by atoms with Crippen LogP contribution in [0, 0.1) is 0 Å². The highest BCUT2D eigenvalue weighted by Gasteiger charge is 2.12. The molecule has 0 aliphatic heterocycles. The topological polar surface area (TPSA) is 125 Å². The van der Waals surface area contributed by atoms with Crippen LogP contribution in [0.5, 0.6) is 0 Å². The van der Waals surface area contributed by atoms with E-state index in [9.17, 15) is 9.59 Å². The van der Waals surface area contributed by atoms with Gasteiger partial charge in [-0.05, 0) is 37.1 Å². The van der Waals surface area contributed by atoms with E-state index >= 15 is 0 Å². The zero-order chi connectivity index (χ0) is 25.5. The van der Waals surface area contributed by atoms with E-state index < -0.39 is 5.91 Å². The first-order valence-corrected chi connectivity index (χ1v) is 12.4. The molecule has 4 aromatic rings. The smallest absolute Gasteiger partial charge is 0.243 e. The van der Waals surface area contributed by atoms with Crippen LogP contribution in [-0.4, -0.2) is 36.8 Å². The third-order valence-electron chi connectivity index (χ3n) is 5.85. The van der Waals surface area contributed by atoms with Gasteiger partial charge in [0.2, 0.25) is 11.8 Å². The second-order valence-corrected chi connectivity index (χ2v) is 9.25. The minimum atomic E-state index is -0.393. The number of carbonyl (C=O) groups excluding carboxylic acids is 2. The van der Waals surface area contributed by atoms with Crippen molar-refractivity contribution in [1.82, 2.24) is 25.2 Å². The zero-order valence-corrected chi connectivity index (χ0v) is 20.9. The quantitative estimate of drug-likeness (QED) is 0.115. The number of nitrogens with zero attached hydrogens (tertiary/aromatic N) is 3. The Morgan fingerprint density at radius 1 is 0.972 bits per heavy atom. The van der Waals surface area contributed by atoms with Crippen molar-refractivity contribution in [3.05, 3.63) is 64.4 Å². The van der Waals surface area contributed by atoms with Crippen LogP contribution in [0.25, 0.3) is 22.3 Å². The number of unbranched alkanes of at least 4 members (excludes halogenated alkanes) is 3. The molecule has 0 saturated heterocycles. The molecule has 0 saturated carbocycles. The molecule has 4 N–H and O–H groups in total. The molecule has 2 amide bonds. The van der Waals surface area contributed by atoms with Crippen molar-refractivity contribution in [3.63, 3.8) is 0 Å². The third-order valence-corrected chi connectivity index (χ3v) is 6.56. The van der Waals surface area contributed by atoms with Crippen LogP contribution in [-0.2, 0) is 16.1 Å². The number of hydroxylamine groups is 1. The van der Waals surface area contributed by atoms with Gasteiger partial charge in [-0.15, -0.1) is 0 Å². The van der Waals surface area contributed by atoms with Crippen molar-refractivity contribution in [2.24, 2.45) is 0 Å². The third kappa shape index (κ3) is 6.42. The summed E-state index contributed by atoms with van der Waals surface area (Å²) in [4.78, 5) is 27.7. The molecular formula is C25H26Cl2N6O3. The van der Waals surface area contributed by atoms with Crippen LogP contribution in [0.3, 0.4) is 0 Å². The van der Waals surface area contributed by atoms with Gasteiger partial charge in [-0.25, -0.2) is 10.5 Å². The van der Waals surface area contributed by atoms with Gasteiger partial charge < -0.3 is 9.88 Å². The molecule has 11 heteroatoms. The van der Waals surface area contributed by atoms with E-state index in [2.05, 4.69) is 20.5 Å². The number of fused-ring (bicyclic) bond motifs is 1. The Balaban J connectivity index is 1.36. The summed E-state index contributed by atoms with van der Waals surface area (Å²) in [6.07, 6.45) is 5.42. The van der Waals surface area contributed by atoms with E-state index in [4.69, 9.17) is 28.4 Å². The maximum atomic E-state index is 12.3. The standard InChI is InChI=1S/C25H26Cl2N6O3/c26-18-6-5-7-19(27)17(18)14-33-15-28-20-11-10-16(12-22(20)33)21-13-23(31-30-21)29-24(34)8-3-1-2-4-9-25(35)32-36/h5-7,10-13,15,36H,1-4,8-9,14H2,(H,32,35)(H2,29,30,31,34). The number of H-pyrrole nitrogens is 1. The number of halogens is 2. The van der Waals surface area contributed by atoms with Crippen molar-refractivity contribution >= 4 is 51.9 Å². The van der Waals surface area contributed by atoms with E-state index in [1.807, 2.05) is 41.0 Å². The summed E-state index contributed by atoms with van der Waals surface area (Å²) in [6, 6.07) is 13.1. The fourth-order valence-corrected chi connectivity index (χ4v) is 4.44. The second-order valence-electron chi connectivity index (χ2n) is 8.44. The average molecular weight is 529 g/mol. The molecule has 188 valence electrons. The molecule has 0 aliphatic carbocycles. The van der Waals surface area contributed by atoms with Gasteiger partial charge in [0.25, 0.3) is 0 Å². The largest absolute Gasteiger partial charge is 0.326 e. The van der Waals surface area contributed by atoms with Crippen LogP contribution in [0.1, 0.15) is 44.1 Å². The molecule has 2 heterocycles. The van der Waals surface area contributed by atoms with Crippen LogP contribution in [0.15, 0.2) is 48.8 Å². The first-order chi connectivity index (χ1) is 17.4. The summed E-state index contributed by atoms with van der Waals surface area (Å²) < 4.78 is 1.99. The summed E-state index contributed by atoms with van der Waals surface area (Å²) in [7, 11) is 0. The van der Waals surface area contributed by atoms with Crippen molar-refractivity contribution in [2.45, 2.75) is 45.1 Å². The molecular weight excluding hydrogens is 503 g/mol. The molecule has 2 aromatic heterocycles. The number of hydrogen-bond donors (Lipinski definition) is 4. The van der Waals surface area contributed by atoms with Crippen LogP contribution in [0.2, 0.25) is 10.0 Å². The Hall–Kier alpha value is -3.40. The molecule has 36 heavy (non-hydrogen) atoms. The molecule has 0 unspecified atom stereocenters. The van der Waals surface area contributed by atoms with Gasteiger partial charge in [-0.1, -0.05) is 48.2 Å². The van der Waals surface area contributed by atoms with Crippen molar-refractivity contribution in [3.8, 4) is 11.3 Å². The zero-order valence-electron chi connectivity index (χ0n) is 19.4. The minimum Gasteiger partial charge on any atom is -0.326 e. The van der Waals surface area contributed by atoms with E-state index in [1.165, 1.54) is 0 Å². The monoisotopic (exact) mass is 528 g/mol. The first-order valence-electron chi connectivity index (χ1n) is 11.6. The molecule has 0 bridgehead atoms. The van der Waals surface area contributed by atoms with E-state index in [0.29, 0.717) is 41.7 Å². The van der Waals surface area contributed by atoms with Crippen molar-refractivity contribution in [2.75, 3.05) is 5.32 Å². The van der Waals surface area contributed by atoms with Crippen LogP contribution >= 0.6 is 23.2 Å². The average Bonchev–Trinajstić information content (AvgIpc) is 3.50. The molecule has 2 aromatic carbocycles. The molecule has 0 spiro atoms. The highest BCUT2D eigenvalue weighted by molar-refractivity contribution is 6.36. The number of nitrogens with one attached hydrogen (secondary N) is 3. The van der Waals surface area contributed by atoms with E-state index in [1.54, 1.807) is 17.9 Å². The fraction of sp³-hybridized carbons (Fsp3) is 0.280. The number of aromatic nitrogens is 4. The van der Waals surface area contributed by atoms with Crippen molar-refractivity contribution in [1.29, 1.82) is 0 Å². The number of benzene rings is 2. The van der Waals surface area contributed by atoms with Gasteiger partial charge in [0, 0.05) is 40.1 Å². The SMILES string of the molecule is O=C(CCCCCCC(=O)Nc1cc(-c2ccc3ncn(Cc4c(Cl)cccc4Cl)c3c2)[nH]n1)NO. The highest BCUT2D eigenvalue weighted by Crippen LogP contribution is 2.28. The number of carbonyl (C=O) groups is 2. The summed E-state index contributed by atoms with van der Waals surface area (Å²) in [5.74, 6) is -0.0620. The Kier molecular flexibility index (Phi) is 8.58. The Bertz CT molecular complexity index is 1350. The van der Waals surface area contributed by atoms with Crippen LogP contribution < -0.4 is 10.8 Å². The predicted octanol–water partition coefficient (Wildman–Crippen LogP) is 5.57. The van der Waals surface area contributed by atoms with Gasteiger partial charge in [0.05, 0.1) is 29.6 Å². The van der Waals surface area contributed by atoms with Gasteiger partial charge >= 0.3 is 0 Å². The normalized spacial score (nSPS) is 11.1. The lowest BCUT2D eigenvalue weighted by Crippen LogP contribution is -2.17. The molecule has 4 rings (SSSR count). The lowest BCUT2D eigenvalue weighted by molar-refractivity contribution is -0.129. The second kappa shape index (κ2) is 12.0. The maximum absolute atomic E-state index is 12.3. The molecule has 0 fully saturated rings. The number of imidazole rings is 1. The lowest BCUT2D eigenvalue weighted by atomic mass is 10.1. The predicted molar refractivity (Wildman–Crippen MR) is 139 cm³/mol. The Labute approximate surface area is 217 Å². The lowest BCUT2D eigenvalue weighted by Gasteiger charge is -2.09. The summed E-state index contributed by atoms with van der Waals surface area (Å²) in [5, 5.41) is 19.7. The number of rotatable bonds is 11.